The minimum atomic E-state index is -0.317. The largest absolute Gasteiger partial charge is 0.482 e. The monoisotopic (exact) mass is 472 g/mol. The lowest BCUT2D eigenvalue weighted by Gasteiger charge is -2.17. The molecule has 0 bridgehead atoms. The minimum Gasteiger partial charge on any atom is -0.482 e. The second-order valence-corrected chi connectivity index (χ2v) is 7.66. The summed E-state index contributed by atoms with van der Waals surface area (Å²) in [4.78, 5) is 20.7. The van der Waals surface area contributed by atoms with Gasteiger partial charge in [0, 0.05) is 30.8 Å². The van der Waals surface area contributed by atoms with E-state index in [0.717, 1.165) is 13.1 Å². The predicted molar refractivity (Wildman–Crippen MR) is 124 cm³/mol. The van der Waals surface area contributed by atoms with E-state index in [1.165, 1.54) is 0 Å². The molecule has 0 atom stereocenters. The number of halogens is 3. The molecular weight excluding hydrogens is 451 g/mol. The van der Waals surface area contributed by atoms with Crippen LogP contribution in [0.5, 0.6) is 5.75 Å². The van der Waals surface area contributed by atoms with Crippen LogP contribution in [0.25, 0.3) is 11.1 Å². The van der Waals surface area contributed by atoms with E-state index >= 15 is 0 Å². The fourth-order valence-corrected chi connectivity index (χ4v) is 3.00. The van der Waals surface area contributed by atoms with Gasteiger partial charge < -0.3 is 24.3 Å². The van der Waals surface area contributed by atoms with Crippen LogP contribution < -0.4 is 15.0 Å². The van der Waals surface area contributed by atoms with Gasteiger partial charge in [0.15, 0.2) is 12.2 Å². The highest BCUT2D eigenvalue weighted by Gasteiger charge is 2.12. The molecule has 10 heteroatoms. The molecule has 0 radical (unpaired) electrons. The molecular formula is C20H23Cl3N4O3. The number of anilines is 2. The van der Waals surface area contributed by atoms with Crippen molar-refractivity contribution >= 4 is 64.3 Å². The van der Waals surface area contributed by atoms with E-state index in [1.807, 2.05) is 26.0 Å². The fraction of sp³-hybridized carbons (Fsp3) is 0.300. The molecule has 0 aliphatic rings. The van der Waals surface area contributed by atoms with Gasteiger partial charge in [-0.05, 0) is 50.5 Å². The normalized spacial score (nSPS) is 10.7. The molecule has 7 nitrogen and oxygen atoms in total. The summed E-state index contributed by atoms with van der Waals surface area (Å²) < 4.78 is 11.2. The number of nitrogens with zero attached hydrogens (tertiary/aromatic N) is 3. The number of nitrogens with one attached hydrogen (secondary N) is 1. The third kappa shape index (κ3) is 6.40. The average Bonchev–Trinajstić information content (AvgIpc) is 3.09. The Balaban J connectivity index is 0.00000320. The van der Waals surface area contributed by atoms with Gasteiger partial charge in [-0.25, -0.2) is 0 Å². The van der Waals surface area contributed by atoms with Crippen LogP contribution in [0.3, 0.4) is 0 Å². The molecule has 0 fully saturated rings. The van der Waals surface area contributed by atoms with Gasteiger partial charge in [-0.1, -0.05) is 23.2 Å². The van der Waals surface area contributed by atoms with E-state index in [-0.39, 0.29) is 24.9 Å². The summed E-state index contributed by atoms with van der Waals surface area (Å²) in [7, 11) is 5.95. The highest BCUT2D eigenvalue weighted by Crippen LogP contribution is 2.27. The number of fused-ring (bicyclic) bond motifs is 1. The van der Waals surface area contributed by atoms with Crippen LogP contribution in [-0.2, 0) is 4.79 Å². The van der Waals surface area contributed by atoms with E-state index in [9.17, 15) is 4.79 Å². The number of benzene rings is 2. The summed E-state index contributed by atoms with van der Waals surface area (Å²) in [6.45, 7) is 1.49. The van der Waals surface area contributed by atoms with Gasteiger partial charge in [0.05, 0.1) is 5.02 Å². The van der Waals surface area contributed by atoms with Gasteiger partial charge in [0.2, 0.25) is 0 Å². The molecule has 3 aromatic rings. The first-order valence-electron chi connectivity index (χ1n) is 8.96. The second-order valence-electron chi connectivity index (χ2n) is 6.82. The van der Waals surface area contributed by atoms with Crippen LogP contribution in [0.15, 0.2) is 40.8 Å². The van der Waals surface area contributed by atoms with Crippen molar-refractivity contribution in [1.82, 2.24) is 9.88 Å². The molecule has 1 aromatic heterocycles. The van der Waals surface area contributed by atoms with E-state index in [0.29, 0.717) is 38.6 Å². The molecule has 2 aromatic carbocycles. The van der Waals surface area contributed by atoms with Crippen LogP contribution in [0.2, 0.25) is 10.0 Å². The lowest BCUT2D eigenvalue weighted by atomic mass is 10.3. The quantitative estimate of drug-likeness (QED) is 0.517. The number of rotatable bonds is 8. The molecule has 162 valence electrons. The van der Waals surface area contributed by atoms with Crippen molar-refractivity contribution in [3.05, 3.63) is 46.4 Å². The summed E-state index contributed by atoms with van der Waals surface area (Å²) in [6.07, 6.45) is 0. The Labute approximate surface area is 191 Å². The Kier molecular flexibility index (Phi) is 8.61. The van der Waals surface area contributed by atoms with Crippen molar-refractivity contribution in [2.24, 2.45) is 0 Å². The Bertz CT molecular complexity index is 1010. The fourth-order valence-electron chi connectivity index (χ4n) is 2.53. The highest BCUT2D eigenvalue weighted by molar-refractivity contribution is 6.35. The van der Waals surface area contributed by atoms with Gasteiger partial charge in [-0.3, -0.25) is 4.79 Å². The van der Waals surface area contributed by atoms with Crippen LogP contribution in [-0.4, -0.2) is 56.6 Å². The van der Waals surface area contributed by atoms with E-state index in [4.69, 9.17) is 32.4 Å². The van der Waals surface area contributed by atoms with Crippen molar-refractivity contribution in [3.63, 3.8) is 0 Å². The van der Waals surface area contributed by atoms with Gasteiger partial charge >= 0.3 is 0 Å². The molecule has 0 aliphatic heterocycles. The zero-order valence-corrected chi connectivity index (χ0v) is 19.1. The molecule has 0 unspecified atom stereocenters. The summed E-state index contributed by atoms with van der Waals surface area (Å²) >= 11 is 11.9. The van der Waals surface area contributed by atoms with Crippen LogP contribution >= 0.6 is 35.6 Å². The number of hydrogen-bond donors (Lipinski definition) is 1. The Morgan fingerprint density at radius 1 is 1.13 bits per heavy atom. The smallest absolute Gasteiger partial charge is 0.298 e. The minimum absolute atomic E-state index is 0. The SMILES string of the molecule is CN(C)CCN(C)c1nc2cc(NC(=O)COc3ccc(Cl)cc3Cl)ccc2o1.Cl. The molecule has 1 N–H and O–H groups in total. The molecule has 0 saturated carbocycles. The number of oxazole rings is 1. The van der Waals surface area contributed by atoms with E-state index in [1.54, 1.807) is 36.4 Å². The predicted octanol–water partition coefficient (Wildman–Crippen LogP) is 4.57. The maximum Gasteiger partial charge on any atom is 0.298 e. The first kappa shape index (κ1) is 24.1. The van der Waals surface area contributed by atoms with Crippen LogP contribution in [0, 0.1) is 0 Å². The lowest BCUT2D eigenvalue weighted by molar-refractivity contribution is -0.118. The molecule has 30 heavy (non-hydrogen) atoms. The van der Waals surface area contributed by atoms with Gasteiger partial charge in [-0.15, -0.1) is 12.4 Å². The van der Waals surface area contributed by atoms with Crippen molar-refractivity contribution in [2.75, 3.05) is 51.1 Å². The first-order valence-corrected chi connectivity index (χ1v) is 9.71. The summed E-state index contributed by atoms with van der Waals surface area (Å²) in [5.41, 5.74) is 1.92. The van der Waals surface area contributed by atoms with Crippen molar-refractivity contribution in [1.29, 1.82) is 0 Å². The number of hydrogen-bond acceptors (Lipinski definition) is 6. The summed E-state index contributed by atoms with van der Waals surface area (Å²) in [5, 5.41) is 3.63. The van der Waals surface area contributed by atoms with E-state index in [2.05, 4.69) is 15.2 Å². The number of carbonyl (C=O) groups excluding carboxylic acids is 1. The number of amides is 1. The van der Waals surface area contributed by atoms with Crippen molar-refractivity contribution in [3.8, 4) is 5.75 Å². The number of aromatic nitrogens is 1. The van der Waals surface area contributed by atoms with Crippen molar-refractivity contribution < 1.29 is 13.9 Å². The molecule has 1 amide bonds. The zero-order chi connectivity index (χ0) is 21.0. The third-order valence-corrected chi connectivity index (χ3v) is 4.65. The zero-order valence-electron chi connectivity index (χ0n) is 16.8. The second kappa shape index (κ2) is 10.7. The van der Waals surface area contributed by atoms with Crippen LogP contribution in [0.1, 0.15) is 0 Å². The highest BCUT2D eigenvalue weighted by atomic mass is 35.5. The third-order valence-electron chi connectivity index (χ3n) is 4.12. The van der Waals surface area contributed by atoms with Gasteiger partial charge in [0.25, 0.3) is 11.9 Å². The number of carbonyl (C=O) groups is 1. The Morgan fingerprint density at radius 2 is 1.90 bits per heavy atom. The summed E-state index contributed by atoms with van der Waals surface area (Å²) in [6, 6.07) is 10.6. The standard InChI is InChI=1S/C20H22Cl2N4O3.ClH/c1-25(2)8-9-26(3)20-24-16-11-14(5-7-18(16)29-20)23-19(27)12-28-17-6-4-13(21)10-15(17)22;/h4-7,10-11H,8-9,12H2,1-3H3,(H,23,27);1H. The summed E-state index contributed by atoms with van der Waals surface area (Å²) in [5.74, 6) is 0.0748. The molecule has 1 heterocycles. The van der Waals surface area contributed by atoms with Crippen molar-refractivity contribution in [2.45, 2.75) is 0 Å². The van der Waals surface area contributed by atoms with Gasteiger partial charge in [-0.2, -0.15) is 4.98 Å². The maximum absolute atomic E-state index is 12.2. The maximum atomic E-state index is 12.2. The lowest BCUT2D eigenvalue weighted by Crippen LogP contribution is -2.28. The number of likely N-dealkylation sites (N-methyl/N-ethyl adjacent to an activating group) is 2. The molecule has 0 aliphatic carbocycles. The number of ether oxygens (including phenoxy) is 1. The molecule has 0 saturated heterocycles. The first-order chi connectivity index (χ1) is 13.8. The molecule has 0 spiro atoms. The van der Waals surface area contributed by atoms with Crippen LogP contribution in [0.4, 0.5) is 11.7 Å². The molecule has 3 rings (SSSR count). The van der Waals surface area contributed by atoms with E-state index < -0.39 is 0 Å². The Hall–Kier alpha value is -2.19. The topological polar surface area (TPSA) is 70.8 Å². The Morgan fingerprint density at radius 3 is 2.60 bits per heavy atom. The van der Waals surface area contributed by atoms with Gasteiger partial charge in [0.1, 0.15) is 11.3 Å². The average molecular weight is 474 g/mol.